The van der Waals surface area contributed by atoms with Crippen molar-refractivity contribution in [1.82, 2.24) is 20.0 Å². The number of hydrogen-bond donors (Lipinski definition) is 0. The summed E-state index contributed by atoms with van der Waals surface area (Å²) in [7, 11) is -0.451. The summed E-state index contributed by atoms with van der Waals surface area (Å²) in [4.78, 5) is 0.273. The fourth-order valence-corrected chi connectivity index (χ4v) is 4.29. The van der Waals surface area contributed by atoms with Gasteiger partial charge in [0.25, 0.3) is 10.0 Å². The Morgan fingerprint density at radius 1 is 1.32 bits per heavy atom. The van der Waals surface area contributed by atoms with Crippen LogP contribution in [0.15, 0.2) is 29.4 Å². The van der Waals surface area contributed by atoms with E-state index in [0.29, 0.717) is 11.5 Å². The van der Waals surface area contributed by atoms with E-state index in [-0.39, 0.29) is 10.8 Å². The van der Waals surface area contributed by atoms with Gasteiger partial charge in [0.1, 0.15) is 4.90 Å². The molecule has 0 saturated heterocycles. The van der Waals surface area contributed by atoms with E-state index < -0.39 is 10.0 Å². The van der Waals surface area contributed by atoms with Crippen molar-refractivity contribution in [3.63, 3.8) is 0 Å². The van der Waals surface area contributed by atoms with E-state index in [2.05, 4.69) is 15.3 Å². The Bertz CT molecular complexity index is 751. The third-order valence-electron chi connectivity index (χ3n) is 4.08. The van der Waals surface area contributed by atoms with Crippen LogP contribution in [0.4, 0.5) is 5.82 Å². The molecule has 0 radical (unpaired) electrons. The molecule has 118 valence electrons. The average molecular weight is 321 g/mol. The molecule has 0 aliphatic heterocycles. The Morgan fingerprint density at radius 2 is 2.05 bits per heavy atom. The third-order valence-corrected chi connectivity index (χ3v) is 5.86. The predicted molar refractivity (Wildman–Crippen MR) is 82.0 cm³/mol. The first-order valence-electron chi connectivity index (χ1n) is 7.30. The van der Waals surface area contributed by atoms with E-state index in [1.807, 2.05) is 0 Å². The quantitative estimate of drug-likeness (QED) is 0.856. The topological polar surface area (TPSA) is 81.0 Å². The lowest BCUT2D eigenvalue weighted by Crippen LogP contribution is -2.28. The summed E-state index contributed by atoms with van der Waals surface area (Å²) in [5.41, 5.74) is 0.677. The Morgan fingerprint density at radius 3 is 2.68 bits per heavy atom. The maximum atomic E-state index is 12.9. The molecule has 2 aromatic heterocycles. The van der Waals surface area contributed by atoms with Gasteiger partial charge in [0.2, 0.25) is 0 Å². The van der Waals surface area contributed by atoms with Crippen LogP contribution in [0, 0.1) is 0 Å². The molecular weight excluding hydrogens is 302 g/mol. The first-order chi connectivity index (χ1) is 10.5. The van der Waals surface area contributed by atoms with Crippen molar-refractivity contribution in [2.24, 2.45) is 7.05 Å². The molecule has 2 aromatic rings. The molecule has 8 heteroatoms. The Balaban J connectivity index is 2.02. The molecule has 1 aliphatic rings. The Labute approximate surface area is 130 Å². The molecule has 0 N–H and O–H groups in total. The minimum atomic E-state index is -3.69. The van der Waals surface area contributed by atoms with Crippen LogP contribution in [0.5, 0.6) is 0 Å². The molecule has 0 aromatic carbocycles. The molecule has 1 fully saturated rings. The van der Waals surface area contributed by atoms with Crippen LogP contribution in [0.25, 0.3) is 0 Å². The molecule has 3 rings (SSSR count). The minimum Gasteiger partial charge on any atom is -0.274 e. The van der Waals surface area contributed by atoms with E-state index in [1.165, 1.54) is 13.2 Å². The van der Waals surface area contributed by atoms with Crippen LogP contribution in [0.3, 0.4) is 0 Å². The summed E-state index contributed by atoms with van der Waals surface area (Å²) in [6, 6.07) is 3.28. The number of sulfonamides is 1. The second-order valence-electron chi connectivity index (χ2n) is 5.59. The first-order valence-corrected chi connectivity index (χ1v) is 8.74. The third kappa shape index (κ3) is 2.58. The van der Waals surface area contributed by atoms with E-state index in [0.717, 1.165) is 30.0 Å². The summed E-state index contributed by atoms with van der Waals surface area (Å²) in [5.74, 6) is 0.518. The van der Waals surface area contributed by atoms with Gasteiger partial charge in [0.05, 0.1) is 5.69 Å². The highest BCUT2D eigenvalue weighted by Gasteiger charge is 2.32. The van der Waals surface area contributed by atoms with Crippen LogP contribution in [-0.2, 0) is 17.1 Å². The van der Waals surface area contributed by atoms with Crippen molar-refractivity contribution in [2.45, 2.75) is 36.5 Å². The molecule has 0 unspecified atom stereocenters. The second-order valence-corrected chi connectivity index (χ2v) is 7.53. The monoisotopic (exact) mass is 321 g/mol. The van der Waals surface area contributed by atoms with Gasteiger partial charge >= 0.3 is 0 Å². The largest absolute Gasteiger partial charge is 0.274 e. The van der Waals surface area contributed by atoms with Crippen molar-refractivity contribution in [1.29, 1.82) is 0 Å². The maximum absolute atomic E-state index is 12.9. The van der Waals surface area contributed by atoms with E-state index in [9.17, 15) is 8.42 Å². The number of rotatable bonds is 4. The smallest absolute Gasteiger partial charge is 0.268 e. The summed E-state index contributed by atoms with van der Waals surface area (Å²) in [5, 5.41) is 12.0. The van der Waals surface area contributed by atoms with E-state index >= 15 is 0 Å². The van der Waals surface area contributed by atoms with Crippen LogP contribution >= 0.6 is 0 Å². The van der Waals surface area contributed by atoms with Gasteiger partial charge in [-0.15, -0.1) is 5.10 Å². The fourth-order valence-electron chi connectivity index (χ4n) is 2.90. The van der Waals surface area contributed by atoms with Crippen LogP contribution in [0.2, 0.25) is 0 Å². The van der Waals surface area contributed by atoms with Crippen molar-refractivity contribution in [3.05, 3.63) is 30.2 Å². The van der Waals surface area contributed by atoms with Gasteiger partial charge in [0, 0.05) is 32.4 Å². The standard InChI is InChI=1S/C14H19N5O2S/c1-18-10-12(14(17-18)11-6-3-4-7-11)22(20,21)19(2)13-8-5-9-15-16-13/h5,8-11H,3-4,6-7H2,1-2H3. The zero-order valence-electron chi connectivity index (χ0n) is 12.7. The number of nitrogens with zero attached hydrogens (tertiary/aromatic N) is 5. The number of anilines is 1. The summed E-state index contributed by atoms with van der Waals surface area (Å²) >= 11 is 0. The number of aromatic nitrogens is 4. The highest BCUT2D eigenvalue weighted by atomic mass is 32.2. The highest BCUT2D eigenvalue weighted by Crippen LogP contribution is 2.37. The number of aryl methyl sites for hydroxylation is 1. The molecular formula is C14H19N5O2S. The summed E-state index contributed by atoms with van der Waals surface area (Å²) in [6.07, 6.45) is 7.33. The summed E-state index contributed by atoms with van der Waals surface area (Å²) in [6.45, 7) is 0. The normalized spacial score (nSPS) is 16.1. The maximum Gasteiger partial charge on any atom is 0.268 e. The van der Waals surface area contributed by atoms with Crippen molar-refractivity contribution in [2.75, 3.05) is 11.4 Å². The van der Waals surface area contributed by atoms with Crippen molar-refractivity contribution >= 4 is 15.8 Å². The fraction of sp³-hybridized carbons (Fsp3) is 0.500. The molecule has 0 bridgehead atoms. The SMILES string of the molecule is CN(c1cccnn1)S(=O)(=O)c1cn(C)nc1C1CCCC1. The molecule has 1 saturated carbocycles. The van der Waals surface area contributed by atoms with Crippen LogP contribution in [0.1, 0.15) is 37.3 Å². The van der Waals surface area contributed by atoms with Gasteiger partial charge in [-0.1, -0.05) is 12.8 Å². The van der Waals surface area contributed by atoms with Crippen molar-refractivity contribution < 1.29 is 8.42 Å². The highest BCUT2D eigenvalue weighted by molar-refractivity contribution is 7.92. The lowest BCUT2D eigenvalue weighted by molar-refractivity contribution is 0.588. The molecule has 0 atom stereocenters. The lowest BCUT2D eigenvalue weighted by atomic mass is 10.1. The Hall–Kier alpha value is -1.96. The molecule has 0 spiro atoms. The van der Waals surface area contributed by atoms with E-state index in [1.54, 1.807) is 30.1 Å². The number of hydrogen-bond acceptors (Lipinski definition) is 5. The van der Waals surface area contributed by atoms with Crippen LogP contribution in [-0.4, -0.2) is 35.4 Å². The van der Waals surface area contributed by atoms with Gasteiger partial charge in [0.15, 0.2) is 5.82 Å². The first kappa shape index (κ1) is 15.0. The molecule has 22 heavy (non-hydrogen) atoms. The van der Waals surface area contributed by atoms with Gasteiger partial charge in [-0.05, 0) is 25.0 Å². The van der Waals surface area contributed by atoms with E-state index in [4.69, 9.17) is 0 Å². The van der Waals surface area contributed by atoms with Gasteiger partial charge in [-0.2, -0.15) is 10.2 Å². The van der Waals surface area contributed by atoms with Gasteiger partial charge in [-0.25, -0.2) is 8.42 Å². The van der Waals surface area contributed by atoms with Crippen molar-refractivity contribution in [3.8, 4) is 0 Å². The lowest BCUT2D eigenvalue weighted by Gasteiger charge is -2.18. The predicted octanol–water partition coefficient (Wildman–Crippen LogP) is 1.69. The zero-order chi connectivity index (χ0) is 15.7. The second kappa shape index (κ2) is 5.68. The Kier molecular flexibility index (Phi) is 3.86. The summed E-state index contributed by atoms with van der Waals surface area (Å²) < 4.78 is 28.6. The van der Waals surface area contributed by atoms with Gasteiger partial charge in [-0.3, -0.25) is 8.99 Å². The molecule has 7 nitrogen and oxygen atoms in total. The minimum absolute atomic E-state index is 0.223. The average Bonchev–Trinajstić information content (AvgIpc) is 3.16. The zero-order valence-corrected chi connectivity index (χ0v) is 13.5. The van der Waals surface area contributed by atoms with Crippen LogP contribution < -0.4 is 4.31 Å². The molecule has 1 aliphatic carbocycles. The van der Waals surface area contributed by atoms with Gasteiger partial charge < -0.3 is 0 Å². The molecule has 0 amide bonds. The molecule has 2 heterocycles.